The molecule has 1 aromatic carbocycles. The van der Waals surface area contributed by atoms with Crippen molar-refractivity contribution in [2.45, 2.75) is 19.8 Å². The largest absolute Gasteiger partial charge is 0.478 e. The molecule has 21 heavy (non-hydrogen) atoms. The van der Waals surface area contributed by atoms with Crippen molar-refractivity contribution in [3.05, 3.63) is 41.2 Å². The number of carboxylic acids is 1. The molecule has 0 saturated carbocycles. The molecule has 1 saturated heterocycles. The molecule has 0 unspecified atom stereocenters. The fraction of sp³-hybridized carbons (Fsp3) is 0.375. The second-order valence-corrected chi connectivity index (χ2v) is 5.39. The van der Waals surface area contributed by atoms with Crippen LogP contribution in [0.1, 0.15) is 35.7 Å². The summed E-state index contributed by atoms with van der Waals surface area (Å²) in [5.41, 5.74) is 0.490. The van der Waals surface area contributed by atoms with Crippen LogP contribution >= 0.6 is 0 Å². The van der Waals surface area contributed by atoms with Crippen LogP contribution in [-0.4, -0.2) is 35.0 Å². The highest BCUT2D eigenvalue weighted by Gasteiger charge is 2.23. The molecule has 1 aliphatic heterocycles. The van der Waals surface area contributed by atoms with E-state index in [9.17, 15) is 14.0 Å². The Bertz CT molecular complexity index is 575. The summed E-state index contributed by atoms with van der Waals surface area (Å²) in [6.45, 7) is 3.41. The average Bonchev–Trinajstić information content (AvgIpc) is 2.46. The van der Waals surface area contributed by atoms with Gasteiger partial charge in [-0.15, -0.1) is 0 Å². The minimum atomic E-state index is -1.09. The zero-order chi connectivity index (χ0) is 15.4. The third-order valence-corrected chi connectivity index (χ3v) is 3.71. The van der Waals surface area contributed by atoms with Crippen molar-refractivity contribution >= 4 is 18.0 Å². The van der Waals surface area contributed by atoms with Gasteiger partial charge in [-0.05, 0) is 42.5 Å². The topological polar surface area (TPSA) is 57.6 Å². The molecule has 4 nitrogen and oxygen atoms in total. The summed E-state index contributed by atoms with van der Waals surface area (Å²) in [5, 5.41) is 8.60. The van der Waals surface area contributed by atoms with Crippen LogP contribution in [0.4, 0.5) is 4.39 Å². The molecule has 0 aromatic heterocycles. The fourth-order valence-corrected chi connectivity index (χ4v) is 2.36. The predicted molar refractivity (Wildman–Crippen MR) is 77.4 cm³/mol. The molecular weight excluding hydrogens is 273 g/mol. The summed E-state index contributed by atoms with van der Waals surface area (Å²) in [6, 6.07) is 4.04. The number of aliphatic carboxylic acids is 1. The maximum atomic E-state index is 13.9. The normalized spacial score (nSPS) is 16.4. The lowest BCUT2D eigenvalue weighted by atomic mass is 9.98. The molecule has 0 radical (unpaired) electrons. The summed E-state index contributed by atoms with van der Waals surface area (Å²) in [7, 11) is 0. The van der Waals surface area contributed by atoms with Gasteiger partial charge in [-0.2, -0.15) is 0 Å². The van der Waals surface area contributed by atoms with Crippen molar-refractivity contribution in [2.24, 2.45) is 5.92 Å². The number of hydrogen-bond donors (Lipinski definition) is 1. The van der Waals surface area contributed by atoms with Gasteiger partial charge in [-0.1, -0.05) is 13.0 Å². The second-order valence-electron chi connectivity index (χ2n) is 5.39. The molecule has 1 aliphatic rings. The zero-order valence-corrected chi connectivity index (χ0v) is 11.9. The SMILES string of the molecule is CC1CCN(C(=O)c2cc(C=CC(=O)O)ccc2F)CC1. The number of benzene rings is 1. The first-order valence-electron chi connectivity index (χ1n) is 6.97. The molecule has 1 aromatic rings. The van der Waals surface area contributed by atoms with E-state index < -0.39 is 11.8 Å². The number of nitrogens with zero attached hydrogens (tertiary/aromatic N) is 1. The van der Waals surface area contributed by atoms with Gasteiger partial charge in [0.15, 0.2) is 0 Å². The van der Waals surface area contributed by atoms with Crippen molar-refractivity contribution in [3.63, 3.8) is 0 Å². The summed E-state index contributed by atoms with van der Waals surface area (Å²) in [4.78, 5) is 24.5. The monoisotopic (exact) mass is 291 g/mol. The number of carbonyl (C=O) groups is 2. The van der Waals surface area contributed by atoms with Gasteiger partial charge in [0.25, 0.3) is 5.91 Å². The van der Waals surface area contributed by atoms with Gasteiger partial charge < -0.3 is 10.0 Å². The van der Waals surface area contributed by atoms with E-state index in [0.29, 0.717) is 24.6 Å². The first-order valence-corrected chi connectivity index (χ1v) is 6.97. The molecule has 1 amide bonds. The molecule has 1 N–H and O–H groups in total. The molecule has 0 bridgehead atoms. The number of amides is 1. The zero-order valence-electron chi connectivity index (χ0n) is 11.9. The van der Waals surface area contributed by atoms with Crippen molar-refractivity contribution < 1.29 is 19.1 Å². The van der Waals surface area contributed by atoms with Gasteiger partial charge in [0.05, 0.1) is 5.56 Å². The van der Waals surface area contributed by atoms with Crippen molar-refractivity contribution in [1.82, 2.24) is 4.90 Å². The van der Waals surface area contributed by atoms with E-state index in [4.69, 9.17) is 5.11 Å². The number of rotatable bonds is 3. The van der Waals surface area contributed by atoms with E-state index in [-0.39, 0.29) is 11.5 Å². The van der Waals surface area contributed by atoms with Crippen LogP contribution in [0.2, 0.25) is 0 Å². The van der Waals surface area contributed by atoms with Gasteiger partial charge in [0.1, 0.15) is 5.82 Å². The summed E-state index contributed by atoms with van der Waals surface area (Å²) in [6.07, 6.45) is 4.15. The minimum absolute atomic E-state index is 0.00269. The molecule has 1 heterocycles. The lowest BCUT2D eigenvalue weighted by molar-refractivity contribution is -0.131. The van der Waals surface area contributed by atoms with Crippen LogP contribution < -0.4 is 0 Å². The fourth-order valence-electron chi connectivity index (χ4n) is 2.36. The van der Waals surface area contributed by atoms with Crippen LogP contribution in [0.5, 0.6) is 0 Å². The Hall–Kier alpha value is -2.17. The highest BCUT2D eigenvalue weighted by molar-refractivity contribution is 5.95. The smallest absolute Gasteiger partial charge is 0.328 e. The van der Waals surface area contributed by atoms with Gasteiger partial charge in [-0.25, -0.2) is 9.18 Å². The Kier molecular flexibility index (Phi) is 4.73. The molecule has 5 heteroatoms. The molecule has 0 atom stereocenters. The minimum Gasteiger partial charge on any atom is -0.478 e. The van der Waals surface area contributed by atoms with Crippen LogP contribution in [-0.2, 0) is 4.79 Å². The summed E-state index contributed by atoms with van der Waals surface area (Å²) >= 11 is 0. The van der Waals surface area contributed by atoms with Crippen LogP contribution in [0.15, 0.2) is 24.3 Å². The first-order chi connectivity index (χ1) is 9.97. The lowest BCUT2D eigenvalue weighted by Crippen LogP contribution is -2.38. The summed E-state index contributed by atoms with van der Waals surface area (Å²) < 4.78 is 13.9. The third-order valence-electron chi connectivity index (χ3n) is 3.71. The lowest BCUT2D eigenvalue weighted by Gasteiger charge is -2.30. The standard InChI is InChI=1S/C16H18FNO3/c1-11-6-8-18(9-7-11)16(21)13-10-12(2-4-14(13)17)3-5-15(19)20/h2-5,10-11H,6-9H2,1H3,(H,19,20). The van der Waals surface area contributed by atoms with Crippen molar-refractivity contribution in [1.29, 1.82) is 0 Å². The number of halogens is 1. The highest BCUT2D eigenvalue weighted by Crippen LogP contribution is 2.20. The van der Waals surface area contributed by atoms with Crippen molar-refractivity contribution in [3.8, 4) is 0 Å². The van der Waals surface area contributed by atoms with Gasteiger partial charge in [-0.3, -0.25) is 4.79 Å². The number of carbonyl (C=O) groups excluding carboxylic acids is 1. The van der Waals surface area contributed by atoms with Crippen molar-refractivity contribution in [2.75, 3.05) is 13.1 Å². The third kappa shape index (κ3) is 3.90. The average molecular weight is 291 g/mol. The first kappa shape index (κ1) is 15.2. The van der Waals surface area contributed by atoms with Gasteiger partial charge in [0.2, 0.25) is 0 Å². The molecule has 112 valence electrons. The van der Waals surface area contributed by atoms with E-state index in [2.05, 4.69) is 6.92 Å². The highest BCUT2D eigenvalue weighted by atomic mass is 19.1. The van der Waals surface area contributed by atoms with E-state index >= 15 is 0 Å². The van der Waals surface area contributed by atoms with Gasteiger partial charge in [0, 0.05) is 19.2 Å². The quantitative estimate of drug-likeness (QED) is 0.871. The van der Waals surface area contributed by atoms with Crippen LogP contribution in [0, 0.1) is 11.7 Å². The maximum absolute atomic E-state index is 13.9. The Morgan fingerprint density at radius 1 is 1.33 bits per heavy atom. The molecular formula is C16H18FNO3. The number of hydrogen-bond acceptors (Lipinski definition) is 2. The Morgan fingerprint density at radius 3 is 2.62 bits per heavy atom. The summed E-state index contributed by atoms with van der Waals surface area (Å²) in [5.74, 6) is -1.41. The van der Waals surface area contributed by atoms with E-state index in [1.165, 1.54) is 24.3 Å². The van der Waals surface area contributed by atoms with Crippen LogP contribution in [0.3, 0.4) is 0 Å². The molecule has 0 spiro atoms. The Morgan fingerprint density at radius 2 is 2.00 bits per heavy atom. The van der Waals surface area contributed by atoms with E-state index in [1.54, 1.807) is 4.90 Å². The molecule has 2 rings (SSSR count). The maximum Gasteiger partial charge on any atom is 0.328 e. The van der Waals surface area contributed by atoms with E-state index in [0.717, 1.165) is 18.9 Å². The molecule has 0 aliphatic carbocycles. The Labute approximate surface area is 122 Å². The number of carboxylic acid groups (broad SMARTS) is 1. The van der Waals surface area contributed by atoms with Gasteiger partial charge >= 0.3 is 5.97 Å². The number of piperidine rings is 1. The Balaban J connectivity index is 2.20. The second kappa shape index (κ2) is 6.52. The predicted octanol–water partition coefficient (Wildman–Crippen LogP) is 2.80. The number of likely N-dealkylation sites (tertiary alicyclic amines) is 1. The van der Waals surface area contributed by atoms with Crippen LogP contribution in [0.25, 0.3) is 6.08 Å². The van der Waals surface area contributed by atoms with E-state index in [1.807, 2.05) is 0 Å². The molecule has 1 fully saturated rings.